The van der Waals surface area contributed by atoms with Gasteiger partial charge in [-0.25, -0.2) is 6.57 Å². The van der Waals surface area contributed by atoms with Crippen molar-refractivity contribution in [2.75, 3.05) is 69.9 Å². The SMILES string of the molecule is [C-]#[N+]C[C@H]1CN(c2nc(OC[C@H](COC)N(C)C3CCC3)nc3c2CCN(c2cccc4cccc(C)c24)C3)CCN1C(=O)C=C. The van der Waals surface area contributed by atoms with Crippen molar-refractivity contribution in [2.45, 2.75) is 57.3 Å². The van der Waals surface area contributed by atoms with E-state index in [1.54, 1.807) is 12.0 Å². The van der Waals surface area contributed by atoms with Gasteiger partial charge in [0.1, 0.15) is 18.5 Å². The number of hydrogen-bond donors (Lipinski definition) is 0. The Bertz CT molecular complexity index is 1610. The molecule has 1 saturated heterocycles. The molecule has 3 heterocycles. The molecule has 0 radical (unpaired) electrons. The lowest BCUT2D eigenvalue weighted by molar-refractivity contribution is -0.128. The van der Waals surface area contributed by atoms with E-state index in [-0.39, 0.29) is 24.5 Å². The van der Waals surface area contributed by atoms with Gasteiger partial charge in [0.05, 0.1) is 24.9 Å². The molecule has 0 bridgehead atoms. The lowest BCUT2D eigenvalue weighted by Crippen LogP contribution is -2.56. The number of carbonyl (C=O) groups is 1. The van der Waals surface area contributed by atoms with Gasteiger partial charge in [-0.15, -0.1) is 0 Å². The number of benzene rings is 2. The molecule has 1 aliphatic carbocycles. The third-order valence-corrected chi connectivity index (χ3v) is 9.99. The van der Waals surface area contributed by atoms with Crippen LogP contribution in [-0.2, 0) is 22.5 Å². The monoisotopic (exact) mass is 623 g/mol. The predicted octanol–water partition coefficient (Wildman–Crippen LogP) is 4.50. The predicted molar refractivity (Wildman–Crippen MR) is 181 cm³/mol. The highest BCUT2D eigenvalue weighted by atomic mass is 16.5. The molecular formula is C36H45N7O3. The normalized spacial score (nSPS) is 19.0. The Morgan fingerprint density at radius 1 is 1.15 bits per heavy atom. The zero-order chi connectivity index (χ0) is 32.2. The molecule has 2 aliphatic heterocycles. The van der Waals surface area contributed by atoms with Gasteiger partial charge < -0.3 is 29.0 Å². The molecule has 2 atom stereocenters. The van der Waals surface area contributed by atoms with Crippen LogP contribution >= 0.6 is 0 Å². The number of aryl methyl sites for hydroxylation is 1. The maximum Gasteiger partial charge on any atom is 0.318 e. The number of rotatable bonds is 11. The number of carbonyl (C=O) groups excluding carboxylic acids is 1. The van der Waals surface area contributed by atoms with Crippen LogP contribution in [0.25, 0.3) is 15.6 Å². The number of anilines is 2. The van der Waals surface area contributed by atoms with Gasteiger partial charge in [-0.3, -0.25) is 9.69 Å². The second-order valence-corrected chi connectivity index (χ2v) is 12.7. The lowest BCUT2D eigenvalue weighted by Gasteiger charge is -2.41. The smallest absolute Gasteiger partial charge is 0.318 e. The molecule has 10 nitrogen and oxygen atoms in total. The first-order valence-electron chi connectivity index (χ1n) is 16.4. The maximum absolute atomic E-state index is 12.6. The number of methoxy groups -OCH3 is 1. The highest BCUT2D eigenvalue weighted by Crippen LogP contribution is 2.36. The van der Waals surface area contributed by atoms with E-state index in [0.717, 1.165) is 30.0 Å². The van der Waals surface area contributed by atoms with Gasteiger partial charge >= 0.3 is 6.01 Å². The third kappa shape index (κ3) is 6.39. The Hall–Kier alpha value is -4.20. The van der Waals surface area contributed by atoms with Gasteiger partial charge in [-0.05, 0) is 56.3 Å². The van der Waals surface area contributed by atoms with Crippen LogP contribution in [0.5, 0.6) is 6.01 Å². The van der Waals surface area contributed by atoms with Crippen LogP contribution in [0.2, 0.25) is 0 Å². The average molecular weight is 624 g/mol. The molecular weight excluding hydrogens is 578 g/mol. The fraction of sp³-hybridized carbons (Fsp3) is 0.500. The largest absolute Gasteiger partial charge is 0.462 e. The topological polar surface area (TPSA) is 78.6 Å². The Labute approximate surface area is 272 Å². The van der Waals surface area contributed by atoms with Crippen molar-refractivity contribution >= 4 is 28.2 Å². The highest BCUT2D eigenvalue weighted by Gasteiger charge is 2.35. The highest BCUT2D eigenvalue weighted by molar-refractivity contribution is 5.97. The Kier molecular flexibility index (Phi) is 9.71. The summed E-state index contributed by atoms with van der Waals surface area (Å²) in [4.78, 5) is 35.1. The number of likely N-dealkylation sites (N-methyl/N-ethyl adjacent to an activating group) is 1. The number of hydrogen-bond acceptors (Lipinski definition) is 8. The van der Waals surface area contributed by atoms with E-state index in [1.807, 2.05) is 0 Å². The molecule has 10 heteroatoms. The number of aromatic nitrogens is 2. The van der Waals surface area contributed by atoms with Gasteiger partial charge in [0.15, 0.2) is 0 Å². The summed E-state index contributed by atoms with van der Waals surface area (Å²) in [6.45, 7) is 17.7. The molecule has 6 rings (SSSR count). The summed E-state index contributed by atoms with van der Waals surface area (Å²) in [7, 11) is 3.89. The first kappa shape index (κ1) is 31.8. The number of fused-ring (bicyclic) bond motifs is 2. The zero-order valence-electron chi connectivity index (χ0n) is 27.3. The standard InChI is InChI=1S/C36H45N7O3/c1-6-33(44)43-19-18-42(21-28(43)20-37-3)35-30-16-17-41(32-15-8-12-26-11-7-10-25(2)34(26)32)22-31(30)38-36(39-35)46-24-29(23-45-5)40(4)27-13-9-14-27/h6-8,10-12,15,27-29H,1,9,13-14,16-24H2,2,4-5H3/t28-,29-/m0/s1. The molecule has 0 unspecified atom stereocenters. The van der Waals surface area contributed by atoms with Crippen molar-refractivity contribution in [3.8, 4) is 6.01 Å². The summed E-state index contributed by atoms with van der Waals surface area (Å²) in [5.41, 5.74) is 4.54. The van der Waals surface area contributed by atoms with Crippen molar-refractivity contribution in [1.82, 2.24) is 19.8 Å². The summed E-state index contributed by atoms with van der Waals surface area (Å²) >= 11 is 0. The fourth-order valence-corrected chi connectivity index (χ4v) is 7.14. The summed E-state index contributed by atoms with van der Waals surface area (Å²) < 4.78 is 12.0. The average Bonchev–Trinajstić information content (AvgIpc) is 3.04. The van der Waals surface area contributed by atoms with E-state index in [1.165, 1.54) is 47.4 Å². The van der Waals surface area contributed by atoms with E-state index in [2.05, 4.69) is 76.5 Å². The minimum atomic E-state index is -0.243. The van der Waals surface area contributed by atoms with Crippen LogP contribution < -0.4 is 14.5 Å². The van der Waals surface area contributed by atoms with Gasteiger partial charge in [-0.2, -0.15) is 9.97 Å². The summed E-state index contributed by atoms with van der Waals surface area (Å²) in [5, 5.41) is 2.50. The van der Waals surface area contributed by atoms with Gasteiger partial charge in [0.2, 0.25) is 12.5 Å². The molecule has 46 heavy (non-hydrogen) atoms. The minimum absolute atomic E-state index is 0.0880. The van der Waals surface area contributed by atoms with E-state index in [9.17, 15) is 4.79 Å². The van der Waals surface area contributed by atoms with Crippen LogP contribution in [0.3, 0.4) is 0 Å². The van der Waals surface area contributed by atoms with Crippen molar-refractivity contribution < 1.29 is 14.3 Å². The van der Waals surface area contributed by atoms with E-state index in [0.29, 0.717) is 51.4 Å². The maximum atomic E-state index is 12.6. The van der Waals surface area contributed by atoms with Gasteiger partial charge in [-0.1, -0.05) is 43.3 Å². The third-order valence-electron chi connectivity index (χ3n) is 9.99. The number of nitrogens with zero attached hydrogens (tertiary/aromatic N) is 7. The van der Waals surface area contributed by atoms with Crippen molar-refractivity contribution in [2.24, 2.45) is 0 Å². The van der Waals surface area contributed by atoms with Crippen LogP contribution in [-0.4, -0.2) is 104 Å². The number of amides is 1. The van der Waals surface area contributed by atoms with Crippen molar-refractivity contribution in [3.63, 3.8) is 0 Å². The molecule has 3 aliphatic rings. The number of piperazine rings is 1. The van der Waals surface area contributed by atoms with Gasteiger partial charge in [0, 0.05) is 56.0 Å². The summed E-state index contributed by atoms with van der Waals surface area (Å²) in [6.07, 6.45) is 5.78. The molecule has 2 fully saturated rings. The zero-order valence-corrected chi connectivity index (χ0v) is 27.3. The molecule has 0 N–H and O–H groups in total. The molecule has 1 aromatic heterocycles. The summed E-state index contributed by atoms with van der Waals surface area (Å²) in [5.74, 6) is 0.716. The fourth-order valence-electron chi connectivity index (χ4n) is 7.14. The van der Waals surface area contributed by atoms with Crippen LogP contribution in [0.4, 0.5) is 11.5 Å². The molecule has 2 aromatic carbocycles. The van der Waals surface area contributed by atoms with E-state index < -0.39 is 0 Å². The quantitative estimate of drug-likeness (QED) is 0.228. The molecule has 1 saturated carbocycles. The second-order valence-electron chi connectivity index (χ2n) is 12.7. The minimum Gasteiger partial charge on any atom is -0.462 e. The van der Waals surface area contributed by atoms with Crippen LogP contribution in [0, 0.1) is 13.5 Å². The van der Waals surface area contributed by atoms with Crippen LogP contribution in [0.1, 0.15) is 36.1 Å². The van der Waals surface area contributed by atoms with Crippen molar-refractivity contribution in [3.05, 3.63) is 77.3 Å². The molecule has 1 amide bonds. The van der Waals surface area contributed by atoms with E-state index >= 15 is 0 Å². The first-order chi connectivity index (χ1) is 22.4. The molecule has 0 spiro atoms. The van der Waals surface area contributed by atoms with Crippen LogP contribution in [0.15, 0.2) is 49.1 Å². The lowest BCUT2D eigenvalue weighted by atomic mass is 9.91. The number of ether oxygens (including phenoxy) is 2. The Morgan fingerprint density at radius 2 is 1.96 bits per heavy atom. The van der Waals surface area contributed by atoms with Crippen molar-refractivity contribution in [1.29, 1.82) is 0 Å². The Balaban J connectivity index is 1.33. The second kappa shape index (κ2) is 14.1. The van der Waals surface area contributed by atoms with Gasteiger partial charge in [0.25, 0.3) is 0 Å². The summed E-state index contributed by atoms with van der Waals surface area (Å²) in [6, 6.07) is 13.7. The molecule has 3 aromatic rings. The molecule has 242 valence electrons. The Morgan fingerprint density at radius 3 is 2.67 bits per heavy atom. The van der Waals surface area contributed by atoms with E-state index in [4.69, 9.17) is 26.0 Å². The first-order valence-corrected chi connectivity index (χ1v) is 16.4.